The fraction of sp³-hybridized carbons (Fsp3) is 0.370. The van der Waals surface area contributed by atoms with E-state index >= 15 is 0 Å². The molecule has 1 aromatic heterocycles. The van der Waals surface area contributed by atoms with Crippen molar-refractivity contribution in [1.82, 2.24) is 20.2 Å². The molecule has 7 nitrogen and oxygen atoms in total. The Balaban J connectivity index is 1.22. The number of thioether (sulfide) groups is 1. The molecule has 1 saturated heterocycles. The SMILES string of the molecule is COc1ccc(-c2cnc(SCC(=O)NCC3CCCN(Cc4ccc(Cl)c(Cl)c4)C3)nc2)cc1OC. The Labute approximate surface area is 231 Å². The number of carbonyl (C=O) groups excluding carboxylic acids is 1. The van der Waals surface area contributed by atoms with Crippen LogP contribution in [-0.4, -0.2) is 60.4 Å². The Bertz CT molecular complexity index is 1210. The number of ether oxygens (including phenoxy) is 2. The standard InChI is InChI=1S/C27H30Cl2N4O3S/c1-35-24-8-6-20(11-25(24)36-2)21-13-31-27(32-14-21)37-17-26(34)30-12-19-4-3-9-33(16-19)15-18-5-7-22(28)23(29)10-18/h5-8,10-11,13-14,19H,3-4,9,12,15-17H2,1-2H3,(H,30,34). The summed E-state index contributed by atoms with van der Waals surface area (Å²) in [4.78, 5) is 23.7. The van der Waals surface area contributed by atoms with Crippen molar-refractivity contribution in [3.63, 3.8) is 0 Å². The number of nitrogens with one attached hydrogen (secondary N) is 1. The molecule has 0 bridgehead atoms. The summed E-state index contributed by atoms with van der Waals surface area (Å²) in [6.45, 7) is 3.47. The van der Waals surface area contributed by atoms with Crippen LogP contribution in [0.4, 0.5) is 0 Å². The number of rotatable bonds is 10. The minimum Gasteiger partial charge on any atom is -0.493 e. The number of methoxy groups -OCH3 is 2. The Morgan fingerprint density at radius 3 is 2.57 bits per heavy atom. The third kappa shape index (κ3) is 7.74. The number of benzene rings is 2. The number of likely N-dealkylation sites (tertiary alicyclic amines) is 1. The van der Waals surface area contributed by atoms with Crippen LogP contribution in [0.15, 0.2) is 53.9 Å². The number of aromatic nitrogens is 2. The van der Waals surface area contributed by atoms with Crippen LogP contribution in [0.3, 0.4) is 0 Å². The third-order valence-corrected chi connectivity index (χ3v) is 7.87. The van der Waals surface area contributed by atoms with Gasteiger partial charge in [-0.1, -0.05) is 47.1 Å². The van der Waals surface area contributed by atoms with Crippen LogP contribution in [0.25, 0.3) is 11.1 Å². The van der Waals surface area contributed by atoms with E-state index in [0.29, 0.717) is 39.2 Å². The van der Waals surface area contributed by atoms with Crippen LogP contribution in [-0.2, 0) is 11.3 Å². The van der Waals surface area contributed by atoms with Gasteiger partial charge in [-0.2, -0.15) is 0 Å². The predicted molar refractivity (Wildman–Crippen MR) is 149 cm³/mol. The lowest BCUT2D eigenvalue weighted by Crippen LogP contribution is -2.40. The Hall–Kier alpha value is -2.52. The number of hydrogen-bond donors (Lipinski definition) is 1. The average Bonchev–Trinajstić information content (AvgIpc) is 2.93. The zero-order valence-electron chi connectivity index (χ0n) is 20.9. The second-order valence-electron chi connectivity index (χ2n) is 8.91. The van der Waals surface area contributed by atoms with E-state index < -0.39 is 0 Å². The van der Waals surface area contributed by atoms with Crippen molar-refractivity contribution in [2.24, 2.45) is 5.92 Å². The lowest BCUT2D eigenvalue weighted by molar-refractivity contribution is -0.118. The molecule has 37 heavy (non-hydrogen) atoms. The highest BCUT2D eigenvalue weighted by Crippen LogP contribution is 2.32. The fourth-order valence-electron chi connectivity index (χ4n) is 4.35. The molecule has 2 aromatic carbocycles. The zero-order valence-corrected chi connectivity index (χ0v) is 23.2. The van der Waals surface area contributed by atoms with Crippen LogP contribution in [0.1, 0.15) is 18.4 Å². The maximum atomic E-state index is 12.5. The molecule has 196 valence electrons. The summed E-state index contributed by atoms with van der Waals surface area (Å²) < 4.78 is 10.7. The summed E-state index contributed by atoms with van der Waals surface area (Å²) in [5.74, 6) is 1.99. The summed E-state index contributed by atoms with van der Waals surface area (Å²) in [6, 6.07) is 11.4. The minimum atomic E-state index is -0.0147. The molecule has 1 atom stereocenters. The molecule has 3 aromatic rings. The molecular formula is C27H30Cl2N4O3S. The maximum Gasteiger partial charge on any atom is 0.230 e. The van der Waals surface area contributed by atoms with Gasteiger partial charge in [-0.25, -0.2) is 9.97 Å². The first-order valence-electron chi connectivity index (χ1n) is 12.1. The molecule has 0 aliphatic carbocycles. The second-order valence-corrected chi connectivity index (χ2v) is 10.7. The van der Waals surface area contributed by atoms with Gasteiger partial charge in [0.15, 0.2) is 16.7 Å². The molecule has 10 heteroatoms. The van der Waals surface area contributed by atoms with Gasteiger partial charge >= 0.3 is 0 Å². The highest BCUT2D eigenvalue weighted by Gasteiger charge is 2.21. The zero-order chi connectivity index (χ0) is 26.2. The van der Waals surface area contributed by atoms with Gasteiger partial charge in [-0.3, -0.25) is 9.69 Å². The van der Waals surface area contributed by atoms with Gasteiger partial charge < -0.3 is 14.8 Å². The van der Waals surface area contributed by atoms with Crippen LogP contribution >= 0.6 is 35.0 Å². The summed E-state index contributed by atoms with van der Waals surface area (Å²) in [5, 5.41) is 4.79. The third-order valence-electron chi connectivity index (χ3n) is 6.26. The summed E-state index contributed by atoms with van der Waals surface area (Å²) in [7, 11) is 3.21. The van der Waals surface area contributed by atoms with Gasteiger partial charge in [0, 0.05) is 37.6 Å². The van der Waals surface area contributed by atoms with Crippen molar-refractivity contribution in [2.75, 3.05) is 39.6 Å². The van der Waals surface area contributed by atoms with E-state index in [9.17, 15) is 4.79 Å². The normalized spacial score (nSPS) is 15.8. The van der Waals surface area contributed by atoms with Gasteiger partial charge in [-0.15, -0.1) is 0 Å². The van der Waals surface area contributed by atoms with E-state index in [1.807, 2.05) is 36.4 Å². The number of nitrogens with zero attached hydrogens (tertiary/aromatic N) is 3. The quantitative estimate of drug-likeness (QED) is 0.256. The van der Waals surface area contributed by atoms with Gasteiger partial charge in [0.2, 0.25) is 5.91 Å². The van der Waals surface area contributed by atoms with Crippen LogP contribution in [0, 0.1) is 5.92 Å². The highest BCUT2D eigenvalue weighted by molar-refractivity contribution is 7.99. The summed E-state index contributed by atoms with van der Waals surface area (Å²) in [5.41, 5.74) is 2.93. The van der Waals surface area contributed by atoms with E-state index in [2.05, 4.69) is 20.2 Å². The van der Waals surface area contributed by atoms with Gasteiger partial charge in [-0.05, 0) is 60.7 Å². The van der Waals surface area contributed by atoms with Crippen LogP contribution in [0.5, 0.6) is 11.5 Å². The smallest absolute Gasteiger partial charge is 0.230 e. The number of halogens is 2. The minimum absolute atomic E-state index is 0.0147. The molecular weight excluding hydrogens is 531 g/mol. The molecule has 0 saturated carbocycles. The van der Waals surface area contributed by atoms with E-state index in [1.165, 1.54) is 11.8 Å². The summed E-state index contributed by atoms with van der Waals surface area (Å²) in [6.07, 6.45) is 5.71. The second kappa shape index (κ2) is 13.3. The van der Waals surface area contributed by atoms with Crippen molar-refractivity contribution >= 4 is 40.9 Å². The molecule has 4 rings (SSSR count). The first-order chi connectivity index (χ1) is 17.9. The molecule has 1 amide bonds. The highest BCUT2D eigenvalue weighted by atomic mass is 35.5. The maximum absolute atomic E-state index is 12.5. The Morgan fingerprint density at radius 1 is 1.05 bits per heavy atom. The fourth-order valence-corrected chi connectivity index (χ4v) is 5.29. The molecule has 1 aliphatic rings. The molecule has 0 radical (unpaired) electrons. The summed E-state index contributed by atoms with van der Waals surface area (Å²) >= 11 is 13.5. The van der Waals surface area contributed by atoms with E-state index in [4.69, 9.17) is 32.7 Å². The van der Waals surface area contributed by atoms with E-state index in [0.717, 1.165) is 49.2 Å². The van der Waals surface area contributed by atoms with E-state index in [-0.39, 0.29) is 11.7 Å². The topological polar surface area (TPSA) is 76.6 Å². The predicted octanol–water partition coefficient (Wildman–Crippen LogP) is 5.59. The average molecular weight is 562 g/mol. The van der Waals surface area contributed by atoms with Crippen molar-refractivity contribution in [3.8, 4) is 22.6 Å². The molecule has 2 heterocycles. The first-order valence-corrected chi connectivity index (χ1v) is 13.8. The Morgan fingerprint density at radius 2 is 1.84 bits per heavy atom. The monoisotopic (exact) mass is 560 g/mol. The molecule has 1 N–H and O–H groups in total. The molecule has 1 unspecified atom stereocenters. The van der Waals surface area contributed by atoms with Gasteiger partial charge in [0.05, 0.1) is 30.0 Å². The van der Waals surface area contributed by atoms with Crippen molar-refractivity contribution in [3.05, 3.63) is 64.4 Å². The largest absolute Gasteiger partial charge is 0.493 e. The lowest BCUT2D eigenvalue weighted by Gasteiger charge is -2.33. The Kier molecular flexibility index (Phi) is 9.91. The number of hydrogen-bond acceptors (Lipinski definition) is 7. The number of carbonyl (C=O) groups is 1. The number of amides is 1. The van der Waals surface area contributed by atoms with Gasteiger partial charge in [0.1, 0.15) is 0 Å². The number of piperidine rings is 1. The first kappa shape index (κ1) is 27.5. The molecule has 1 aliphatic heterocycles. The van der Waals surface area contributed by atoms with Crippen LogP contribution < -0.4 is 14.8 Å². The molecule has 0 spiro atoms. The molecule has 1 fully saturated rings. The van der Waals surface area contributed by atoms with Crippen molar-refractivity contribution in [2.45, 2.75) is 24.5 Å². The van der Waals surface area contributed by atoms with Crippen molar-refractivity contribution in [1.29, 1.82) is 0 Å². The van der Waals surface area contributed by atoms with E-state index in [1.54, 1.807) is 26.6 Å². The van der Waals surface area contributed by atoms with Gasteiger partial charge in [0.25, 0.3) is 0 Å². The van der Waals surface area contributed by atoms with Crippen LogP contribution in [0.2, 0.25) is 10.0 Å². The van der Waals surface area contributed by atoms with Crippen molar-refractivity contribution < 1.29 is 14.3 Å². The lowest BCUT2D eigenvalue weighted by atomic mass is 9.97.